The summed E-state index contributed by atoms with van der Waals surface area (Å²) in [5.41, 5.74) is 8.58. The number of hydrogen-bond acceptors (Lipinski definition) is 2. The lowest BCUT2D eigenvalue weighted by Crippen LogP contribution is -2.27. The Morgan fingerprint density at radius 3 is 2.07 bits per heavy atom. The molecule has 1 aromatic rings. The fourth-order valence-electron chi connectivity index (χ4n) is 1.62. The average molecular weight is 206 g/mol. The molecule has 0 saturated carbocycles. The number of benzene rings is 1. The summed E-state index contributed by atoms with van der Waals surface area (Å²) in [5.74, 6) is 0.707. The summed E-state index contributed by atoms with van der Waals surface area (Å²) in [6, 6.07) is 8.61. The summed E-state index contributed by atoms with van der Waals surface area (Å²) in [7, 11) is 3.99. The predicted molar refractivity (Wildman–Crippen MR) is 65.6 cm³/mol. The van der Waals surface area contributed by atoms with Gasteiger partial charge in [-0.15, -0.1) is 0 Å². The first kappa shape index (κ1) is 12.2. The van der Waals surface area contributed by atoms with Crippen LogP contribution < -0.4 is 5.73 Å². The standard InChI is InChI=1S/C13H22N2/c1-10(2)9-11-5-7-12(8-6-11)13(14)15(3)4/h5-8,10,13H,9,14H2,1-4H3. The molecule has 0 heterocycles. The van der Waals surface area contributed by atoms with Crippen molar-refractivity contribution in [2.45, 2.75) is 26.4 Å². The van der Waals surface area contributed by atoms with Gasteiger partial charge in [-0.1, -0.05) is 38.1 Å². The Kier molecular flexibility index (Phi) is 4.30. The molecule has 1 unspecified atom stereocenters. The summed E-state index contributed by atoms with van der Waals surface area (Å²) in [6.07, 6.45) is 1.13. The second-order valence-corrected chi connectivity index (χ2v) is 4.75. The Morgan fingerprint density at radius 1 is 1.13 bits per heavy atom. The van der Waals surface area contributed by atoms with E-state index in [9.17, 15) is 0 Å². The lowest BCUT2D eigenvalue weighted by atomic mass is 10.0. The van der Waals surface area contributed by atoms with E-state index < -0.39 is 0 Å². The van der Waals surface area contributed by atoms with E-state index in [2.05, 4.69) is 38.1 Å². The van der Waals surface area contributed by atoms with Gasteiger partial charge in [-0.05, 0) is 37.6 Å². The summed E-state index contributed by atoms with van der Waals surface area (Å²) in [6.45, 7) is 4.47. The van der Waals surface area contributed by atoms with Crippen LogP contribution in [0.15, 0.2) is 24.3 Å². The molecular formula is C13H22N2. The van der Waals surface area contributed by atoms with Crippen molar-refractivity contribution < 1.29 is 0 Å². The molecule has 0 fully saturated rings. The maximum Gasteiger partial charge on any atom is 0.0830 e. The van der Waals surface area contributed by atoms with Crippen molar-refractivity contribution in [2.75, 3.05) is 14.1 Å². The van der Waals surface area contributed by atoms with Crippen LogP contribution in [0.1, 0.15) is 31.1 Å². The topological polar surface area (TPSA) is 29.3 Å². The number of nitrogens with two attached hydrogens (primary N) is 1. The minimum atomic E-state index is -0.00176. The Morgan fingerprint density at radius 2 is 1.67 bits per heavy atom. The second kappa shape index (κ2) is 5.29. The maximum absolute atomic E-state index is 6.02. The normalized spacial score (nSPS) is 13.5. The van der Waals surface area contributed by atoms with E-state index in [4.69, 9.17) is 5.73 Å². The van der Waals surface area contributed by atoms with Gasteiger partial charge in [0, 0.05) is 0 Å². The molecule has 0 spiro atoms. The molecule has 2 heteroatoms. The summed E-state index contributed by atoms with van der Waals surface area (Å²) >= 11 is 0. The van der Waals surface area contributed by atoms with Crippen molar-refractivity contribution >= 4 is 0 Å². The van der Waals surface area contributed by atoms with Crippen LogP contribution >= 0.6 is 0 Å². The van der Waals surface area contributed by atoms with Gasteiger partial charge in [-0.25, -0.2) is 0 Å². The van der Waals surface area contributed by atoms with Crippen LogP contribution in [0.4, 0.5) is 0 Å². The number of hydrogen-bond donors (Lipinski definition) is 1. The zero-order valence-corrected chi connectivity index (χ0v) is 10.2. The quantitative estimate of drug-likeness (QED) is 0.767. The fraction of sp³-hybridized carbons (Fsp3) is 0.538. The van der Waals surface area contributed by atoms with Gasteiger partial charge in [0.15, 0.2) is 0 Å². The molecule has 0 amide bonds. The van der Waals surface area contributed by atoms with Crippen molar-refractivity contribution in [3.05, 3.63) is 35.4 Å². The third kappa shape index (κ3) is 3.65. The van der Waals surface area contributed by atoms with Crippen LogP contribution in [0.2, 0.25) is 0 Å². The van der Waals surface area contributed by atoms with Crippen LogP contribution in [0.25, 0.3) is 0 Å². The first-order chi connectivity index (χ1) is 7.00. The van der Waals surface area contributed by atoms with Gasteiger partial charge in [-0.2, -0.15) is 0 Å². The van der Waals surface area contributed by atoms with E-state index in [-0.39, 0.29) is 6.17 Å². The zero-order chi connectivity index (χ0) is 11.4. The molecule has 0 aliphatic carbocycles. The van der Waals surface area contributed by atoms with Crippen LogP contribution in [0.3, 0.4) is 0 Å². The lowest BCUT2D eigenvalue weighted by Gasteiger charge is -2.20. The minimum Gasteiger partial charge on any atom is -0.312 e. The molecule has 1 aromatic carbocycles. The Balaban J connectivity index is 2.72. The highest BCUT2D eigenvalue weighted by atomic mass is 15.2. The molecule has 1 atom stereocenters. The van der Waals surface area contributed by atoms with E-state index in [0.717, 1.165) is 6.42 Å². The molecular weight excluding hydrogens is 184 g/mol. The Hall–Kier alpha value is -0.860. The Bertz CT molecular complexity index is 288. The van der Waals surface area contributed by atoms with Crippen molar-refractivity contribution in [3.8, 4) is 0 Å². The highest BCUT2D eigenvalue weighted by Gasteiger charge is 2.07. The minimum absolute atomic E-state index is 0.00176. The van der Waals surface area contributed by atoms with Gasteiger partial charge in [0.1, 0.15) is 0 Å². The molecule has 0 saturated heterocycles. The SMILES string of the molecule is CC(C)Cc1ccc(C(N)N(C)C)cc1. The number of nitrogens with zero attached hydrogens (tertiary/aromatic N) is 1. The van der Waals surface area contributed by atoms with E-state index >= 15 is 0 Å². The summed E-state index contributed by atoms with van der Waals surface area (Å²) < 4.78 is 0. The average Bonchev–Trinajstić information content (AvgIpc) is 2.17. The smallest absolute Gasteiger partial charge is 0.0830 e. The molecule has 0 bridgehead atoms. The van der Waals surface area contributed by atoms with E-state index in [1.165, 1.54) is 11.1 Å². The fourth-order valence-corrected chi connectivity index (χ4v) is 1.62. The predicted octanol–water partition coefficient (Wildman–Crippen LogP) is 2.40. The summed E-state index contributed by atoms with van der Waals surface area (Å²) in [5, 5.41) is 0. The highest BCUT2D eigenvalue weighted by Crippen LogP contribution is 2.15. The van der Waals surface area contributed by atoms with E-state index in [1.807, 2.05) is 19.0 Å². The van der Waals surface area contributed by atoms with Crippen LogP contribution in [0, 0.1) is 5.92 Å². The molecule has 2 nitrogen and oxygen atoms in total. The molecule has 0 aliphatic rings. The van der Waals surface area contributed by atoms with Gasteiger partial charge in [0.05, 0.1) is 6.17 Å². The van der Waals surface area contributed by atoms with Crippen molar-refractivity contribution in [1.82, 2.24) is 4.90 Å². The van der Waals surface area contributed by atoms with Gasteiger partial charge >= 0.3 is 0 Å². The van der Waals surface area contributed by atoms with Crippen LogP contribution in [0.5, 0.6) is 0 Å². The van der Waals surface area contributed by atoms with Gasteiger partial charge in [0.2, 0.25) is 0 Å². The third-order valence-corrected chi connectivity index (χ3v) is 2.52. The maximum atomic E-state index is 6.02. The largest absolute Gasteiger partial charge is 0.312 e. The molecule has 2 N–H and O–H groups in total. The monoisotopic (exact) mass is 206 g/mol. The zero-order valence-electron chi connectivity index (χ0n) is 10.2. The van der Waals surface area contributed by atoms with Crippen molar-refractivity contribution in [2.24, 2.45) is 11.7 Å². The van der Waals surface area contributed by atoms with Crippen LogP contribution in [-0.2, 0) is 6.42 Å². The van der Waals surface area contributed by atoms with Crippen LogP contribution in [-0.4, -0.2) is 19.0 Å². The summed E-state index contributed by atoms with van der Waals surface area (Å²) in [4.78, 5) is 2.01. The van der Waals surface area contributed by atoms with Gasteiger partial charge < -0.3 is 5.73 Å². The molecule has 15 heavy (non-hydrogen) atoms. The Labute approximate surface area is 93.1 Å². The highest BCUT2D eigenvalue weighted by molar-refractivity contribution is 5.24. The number of rotatable bonds is 4. The second-order valence-electron chi connectivity index (χ2n) is 4.75. The van der Waals surface area contributed by atoms with Crippen molar-refractivity contribution in [3.63, 3.8) is 0 Å². The van der Waals surface area contributed by atoms with Gasteiger partial charge in [0.25, 0.3) is 0 Å². The first-order valence-corrected chi connectivity index (χ1v) is 5.51. The van der Waals surface area contributed by atoms with E-state index in [1.54, 1.807) is 0 Å². The molecule has 1 rings (SSSR count). The molecule has 0 aromatic heterocycles. The lowest BCUT2D eigenvalue weighted by molar-refractivity contribution is 0.307. The molecule has 0 aliphatic heterocycles. The van der Waals surface area contributed by atoms with E-state index in [0.29, 0.717) is 5.92 Å². The first-order valence-electron chi connectivity index (χ1n) is 5.51. The third-order valence-electron chi connectivity index (χ3n) is 2.52. The van der Waals surface area contributed by atoms with Crippen molar-refractivity contribution in [1.29, 1.82) is 0 Å². The molecule has 84 valence electrons. The van der Waals surface area contributed by atoms with Gasteiger partial charge in [-0.3, -0.25) is 4.90 Å². The molecule has 0 radical (unpaired) electrons.